The minimum Gasteiger partial charge on any atom is -0.370 e. The van der Waals surface area contributed by atoms with Crippen molar-refractivity contribution in [1.82, 2.24) is 5.32 Å². The number of para-hydroxylation sites is 1. The third-order valence-electron chi connectivity index (χ3n) is 3.68. The summed E-state index contributed by atoms with van der Waals surface area (Å²) in [4.78, 5) is 6.91. The van der Waals surface area contributed by atoms with Crippen LogP contribution in [-0.4, -0.2) is 32.0 Å². The third kappa shape index (κ3) is 1.24. The van der Waals surface area contributed by atoms with Crippen LogP contribution in [0.2, 0.25) is 0 Å². The number of fused-ring (bicyclic) bond motifs is 1. The van der Waals surface area contributed by atoms with Gasteiger partial charge < -0.3 is 10.2 Å². The average Bonchev–Trinajstić information content (AvgIpc) is 2.89. The van der Waals surface area contributed by atoms with E-state index in [2.05, 4.69) is 53.4 Å². The van der Waals surface area contributed by atoms with E-state index < -0.39 is 0 Å². The first-order valence-electron chi connectivity index (χ1n) is 5.89. The minimum atomic E-state index is 0.389. The largest absolute Gasteiger partial charge is 0.370 e. The summed E-state index contributed by atoms with van der Waals surface area (Å²) < 4.78 is 0. The molecule has 1 aromatic carbocycles. The molecule has 0 saturated carbocycles. The average molecular weight is 215 g/mol. The van der Waals surface area contributed by atoms with Crippen molar-refractivity contribution in [2.75, 3.05) is 25.0 Å². The lowest BCUT2D eigenvalue weighted by molar-refractivity contribution is 0.695. The molecule has 3 nitrogen and oxygen atoms in total. The number of benzene rings is 1. The van der Waals surface area contributed by atoms with Crippen LogP contribution in [0.15, 0.2) is 29.3 Å². The summed E-state index contributed by atoms with van der Waals surface area (Å²) in [6.07, 6.45) is 0. The normalized spacial score (nSPS) is 27.6. The summed E-state index contributed by atoms with van der Waals surface area (Å²) in [5.41, 5.74) is 2.78. The highest BCUT2D eigenvalue weighted by Gasteiger charge is 2.37. The number of nitrogens with zero attached hydrogens (tertiary/aromatic N) is 2. The summed E-state index contributed by atoms with van der Waals surface area (Å²) in [5, 5.41) is 3.40. The van der Waals surface area contributed by atoms with Crippen LogP contribution in [0.5, 0.6) is 0 Å². The zero-order valence-corrected chi connectivity index (χ0v) is 9.77. The number of nitrogens with one attached hydrogen (secondary N) is 1. The number of hydrogen-bond acceptors (Lipinski definition) is 3. The Balaban J connectivity index is 2.00. The lowest BCUT2D eigenvalue weighted by Crippen LogP contribution is -2.43. The molecule has 1 aromatic rings. The Morgan fingerprint density at radius 1 is 1.38 bits per heavy atom. The van der Waals surface area contributed by atoms with Gasteiger partial charge >= 0.3 is 0 Å². The Bertz CT molecular complexity index is 410. The van der Waals surface area contributed by atoms with Crippen molar-refractivity contribution in [2.24, 2.45) is 4.99 Å². The highest BCUT2D eigenvalue weighted by atomic mass is 15.2. The van der Waals surface area contributed by atoms with Gasteiger partial charge in [-0.1, -0.05) is 25.1 Å². The van der Waals surface area contributed by atoms with Crippen molar-refractivity contribution in [1.29, 1.82) is 0 Å². The fourth-order valence-electron chi connectivity index (χ4n) is 2.88. The predicted octanol–water partition coefficient (Wildman–Crippen LogP) is 1.61. The molecule has 0 bridgehead atoms. The van der Waals surface area contributed by atoms with Crippen molar-refractivity contribution in [2.45, 2.75) is 18.9 Å². The predicted molar refractivity (Wildman–Crippen MR) is 67.4 cm³/mol. The van der Waals surface area contributed by atoms with Gasteiger partial charge in [-0.3, -0.25) is 4.99 Å². The van der Waals surface area contributed by atoms with E-state index in [9.17, 15) is 0 Å². The molecule has 0 aromatic heterocycles. The molecule has 2 heterocycles. The zero-order valence-electron chi connectivity index (χ0n) is 9.77. The lowest BCUT2D eigenvalue weighted by atomic mass is 9.96. The van der Waals surface area contributed by atoms with Gasteiger partial charge in [0.15, 0.2) is 0 Å². The molecule has 3 heteroatoms. The van der Waals surface area contributed by atoms with Gasteiger partial charge in [-0.05, 0) is 11.6 Å². The van der Waals surface area contributed by atoms with Crippen LogP contribution in [0, 0.1) is 0 Å². The van der Waals surface area contributed by atoms with Crippen LogP contribution < -0.4 is 10.2 Å². The van der Waals surface area contributed by atoms with Gasteiger partial charge in [0.25, 0.3) is 0 Å². The van der Waals surface area contributed by atoms with Gasteiger partial charge in [0, 0.05) is 25.2 Å². The summed E-state index contributed by atoms with van der Waals surface area (Å²) in [7, 11) is 2.16. The Kier molecular flexibility index (Phi) is 2.13. The summed E-state index contributed by atoms with van der Waals surface area (Å²) >= 11 is 0. The second kappa shape index (κ2) is 3.51. The molecule has 84 valence electrons. The molecule has 0 amide bonds. The Morgan fingerprint density at radius 2 is 2.19 bits per heavy atom. The van der Waals surface area contributed by atoms with Crippen LogP contribution in [0.3, 0.4) is 0 Å². The fraction of sp³-hybridized carbons (Fsp3) is 0.462. The molecule has 16 heavy (non-hydrogen) atoms. The molecular weight excluding hydrogens is 198 g/mol. The number of amidine groups is 1. The van der Waals surface area contributed by atoms with Gasteiger partial charge in [0.1, 0.15) is 5.84 Å². The standard InChI is InChI=1S/C13H17N3/c1-9-10-5-3-4-6-11(10)16(2)12(9)13-14-7-8-15-13/h3-6,9,12H,7-8H2,1-2H3,(H,14,15)/t9-,12+/m1/s1. The molecule has 3 rings (SSSR count). The highest BCUT2D eigenvalue weighted by Crippen LogP contribution is 2.39. The minimum absolute atomic E-state index is 0.389. The first-order chi connectivity index (χ1) is 7.79. The maximum absolute atomic E-state index is 4.57. The smallest absolute Gasteiger partial charge is 0.120 e. The second-order valence-corrected chi connectivity index (χ2v) is 4.60. The Labute approximate surface area is 96.2 Å². The van der Waals surface area contributed by atoms with Crippen LogP contribution in [0.4, 0.5) is 5.69 Å². The van der Waals surface area contributed by atoms with E-state index in [4.69, 9.17) is 0 Å². The number of rotatable bonds is 1. The first-order valence-corrected chi connectivity index (χ1v) is 5.89. The van der Waals surface area contributed by atoms with E-state index in [0.717, 1.165) is 18.9 Å². The van der Waals surface area contributed by atoms with Gasteiger partial charge in [0.2, 0.25) is 0 Å². The van der Waals surface area contributed by atoms with Crippen LogP contribution in [0.25, 0.3) is 0 Å². The molecule has 0 aliphatic carbocycles. The van der Waals surface area contributed by atoms with Gasteiger partial charge in [-0.2, -0.15) is 0 Å². The van der Waals surface area contributed by atoms with Crippen molar-refractivity contribution in [3.05, 3.63) is 29.8 Å². The van der Waals surface area contributed by atoms with E-state index in [1.807, 2.05) is 0 Å². The molecule has 0 spiro atoms. The lowest BCUT2D eigenvalue weighted by Gasteiger charge is -2.25. The topological polar surface area (TPSA) is 27.6 Å². The number of anilines is 1. The van der Waals surface area contributed by atoms with E-state index in [-0.39, 0.29) is 0 Å². The monoisotopic (exact) mass is 215 g/mol. The molecule has 0 fully saturated rings. The van der Waals surface area contributed by atoms with Gasteiger partial charge in [-0.25, -0.2) is 0 Å². The first kappa shape index (κ1) is 9.70. The molecule has 2 aliphatic heterocycles. The van der Waals surface area contributed by atoms with E-state index in [0.29, 0.717) is 12.0 Å². The number of aliphatic imine (C=N–C) groups is 1. The molecule has 1 N–H and O–H groups in total. The van der Waals surface area contributed by atoms with Gasteiger partial charge in [0.05, 0.1) is 12.6 Å². The van der Waals surface area contributed by atoms with Crippen LogP contribution in [-0.2, 0) is 0 Å². The summed E-state index contributed by atoms with van der Waals surface area (Å²) in [6.45, 7) is 4.20. The molecular formula is C13H17N3. The summed E-state index contributed by atoms with van der Waals surface area (Å²) in [5.74, 6) is 1.68. The van der Waals surface area contributed by atoms with Crippen molar-refractivity contribution < 1.29 is 0 Å². The maximum atomic E-state index is 4.57. The third-order valence-corrected chi connectivity index (χ3v) is 3.68. The number of likely N-dealkylation sites (N-methyl/N-ethyl adjacent to an activating group) is 1. The molecule has 0 radical (unpaired) electrons. The zero-order chi connectivity index (χ0) is 11.1. The Morgan fingerprint density at radius 3 is 2.88 bits per heavy atom. The van der Waals surface area contributed by atoms with Crippen LogP contribution in [0.1, 0.15) is 18.4 Å². The SMILES string of the molecule is C[C@@H]1c2ccccc2N(C)[C@@H]1C1=NCCN1. The molecule has 2 aliphatic rings. The Hall–Kier alpha value is -1.51. The van der Waals surface area contributed by atoms with E-state index >= 15 is 0 Å². The fourth-order valence-corrected chi connectivity index (χ4v) is 2.88. The van der Waals surface area contributed by atoms with E-state index in [1.165, 1.54) is 11.3 Å². The van der Waals surface area contributed by atoms with Gasteiger partial charge in [-0.15, -0.1) is 0 Å². The highest BCUT2D eigenvalue weighted by molar-refractivity contribution is 5.94. The van der Waals surface area contributed by atoms with Crippen molar-refractivity contribution in [3.8, 4) is 0 Å². The maximum Gasteiger partial charge on any atom is 0.120 e. The quantitative estimate of drug-likeness (QED) is 0.770. The van der Waals surface area contributed by atoms with E-state index in [1.54, 1.807) is 0 Å². The number of hydrogen-bond donors (Lipinski definition) is 1. The molecule has 2 atom stereocenters. The second-order valence-electron chi connectivity index (χ2n) is 4.60. The summed E-state index contributed by atoms with van der Waals surface area (Å²) in [6, 6.07) is 9.04. The molecule has 0 unspecified atom stereocenters. The van der Waals surface area contributed by atoms with Crippen molar-refractivity contribution >= 4 is 11.5 Å². The van der Waals surface area contributed by atoms with Crippen LogP contribution >= 0.6 is 0 Å². The van der Waals surface area contributed by atoms with Crippen molar-refractivity contribution in [3.63, 3.8) is 0 Å². The molecule has 0 saturated heterocycles.